The number of fused-ring (bicyclic) bond motifs is 1. The molecule has 2 heterocycles. The molecule has 3 rings (SSSR count). The smallest absolute Gasteiger partial charge is 0.234 e. The van der Waals surface area contributed by atoms with Gasteiger partial charge in [-0.2, -0.15) is 0 Å². The molecule has 0 fully saturated rings. The number of halogens is 1. The number of hydrogen-bond acceptors (Lipinski definition) is 3. The maximum Gasteiger partial charge on any atom is 0.234 e. The molecule has 0 saturated carbocycles. The molecule has 4 nitrogen and oxygen atoms in total. The molecule has 0 spiro atoms. The molecule has 0 aliphatic heterocycles. The first-order chi connectivity index (χ1) is 10.0. The Kier molecular flexibility index (Phi) is 3.33. The highest BCUT2D eigenvalue weighted by atomic mass is 19.1. The summed E-state index contributed by atoms with van der Waals surface area (Å²) in [5, 5.41) is 3.28. The summed E-state index contributed by atoms with van der Waals surface area (Å²) in [4.78, 5) is 8.93. The van der Waals surface area contributed by atoms with Crippen LogP contribution in [0.25, 0.3) is 5.78 Å². The molecule has 0 aliphatic carbocycles. The number of benzene rings is 1. The minimum Gasteiger partial charge on any atom is -0.379 e. The van der Waals surface area contributed by atoms with E-state index in [1.165, 1.54) is 12.1 Å². The van der Waals surface area contributed by atoms with E-state index in [2.05, 4.69) is 15.3 Å². The summed E-state index contributed by atoms with van der Waals surface area (Å²) in [6.07, 6.45) is 1.98. The number of aryl methyl sites for hydroxylation is 3. The van der Waals surface area contributed by atoms with E-state index in [0.29, 0.717) is 12.3 Å². The summed E-state index contributed by atoms with van der Waals surface area (Å²) in [5.74, 6) is 0.487. The lowest BCUT2D eigenvalue weighted by Crippen LogP contribution is -2.01. The van der Waals surface area contributed by atoms with Gasteiger partial charge in [-0.05, 0) is 50.6 Å². The van der Waals surface area contributed by atoms with Crippen LogP contribution in [0.5, 0.6) is 0 Å². The molecule has 108 valence electrons. The van der Waals surface area contributed by atoms with Crippen molar-refractivity contribution in [1.82, 2.24) is 14.4 Å². The van der Waals surface area contributed by atoms with E-state index >= 15 is 0 Å². The van der Waals surface area contributed by atoms with Crippen molar-refractivity contribution >= 4 is 11.5 Å². The number of nitrogens with zero attached hydrogens (tertiary/aromatic N) is 3. The molecular weight excluding hydrogens is 267 g/mol. The van der Waals surface area contributed by atoms with Crippen molar-refractivity contribution in [2.75, 3.05) is 5.32 Å². The second-order valence-corrected chi connectivity index (χ2v) is 5.25. The largest absolute Gasteiger partial charge is 0.379 e. The van der Waals surface area contributed by atoms with Crippen LogP contribution < -0.4 is 5.32 Å². The molecule has 0 bridgehead atoms. The second kappa shape index (κ2) is 5.16. The molecule has 3 aromatic rings. The molecule has 1 aromatic carbocycles. The molecule has 21 heavy (non-hydrogen) atoms. The van der Waals surface area contributed by atoms with Gasteiger partial charge in [-0.25, -0.2) is 14.4 Å². The molecule has 5 heteroatoms. The van der Waals surface area contributed by atoms with Gasteiger partial charge in [-0.1, -0.05) is 0 Å². The maximum atomic E-state index is 13.1. The molecule has 1 N–H and O–H groups in total. The molecule has 0 saturated heterocycles. The zero-order chi connectivity index (χ0) is 15.0. The Morgan fingerprint density at radius 3 is 2.71 bits per heavy atom. The lowest BCUT2D eigenvalue weighted by Gasteiger charge is -2.07. The zero-order valence-corrected chi connectivity index (χ0v) is 12.3. The third-order valence-electron chi connectivity index (χ3n) is 3.46. The molecule has 0 amide bonds. The average molecular weight is 284 g/mol. The third-order valence-corrected chi connectivity index (χ3v) is 3.46. The standard InChI is InChI=1S/C16H17FN4/c1-10-6-13(17)4-5-15(10)18-8-14-9-21-12(3)7-11(2)19-16(21)20-14/h4-7,9,18H,8H2,1-3H3. The van der Waals surface area contributed by atoms with Crippen molar-refractivity contribution in [2.45, 2.75) is 27.3 Å². The monoisotopic (exact) mass is 284 g/mol. The van der Waals surface area contributed by atoms with Crippen LogP contribution in [-0.4, -0.2) is 14.4 Å². The topological polar surface area (TPSA) is 42.2 Å². The summed E-state index contributed by atoms with van der Waals surface area (Å²) in [6.45, 7) is 6.45. The summed E-state index contributed by atoms with van der Waals surface area (Å²) in [6, 6.07) is 6.74. The summed E-state index contributed by atoms with van der Waals surface area (Å²) < 4.78 is 15.1. The first kappa shape index (κ1) is 13.5. The predicted molar refractivity (Wildman–Crippen MR) is 80.9 cm³/mol. The maximum absolute atomic E-state index is 13.1. The summed E-state index contributed by atoms with van der Waals surface area (Å²) in [5.41, 5.74) is 4.76. The highest BCUT2D eigenvalue weighted by Crippen LogP contribution is 2.17. The molecule has 2 aromatic heterocycles. The van der Waals surface area contributed by atoms with Crippen LogP contribution in [0.4, 0.5) is 10.1 Å². The van der Waals surface area contributed by atoms with Gasteiger partial charge in [-0.15, -0.1) is 0 Å². The number of hydrogen-bond donors (Lipinski definition) is 1. The van der Waals surface area contributed by atoms with E-state index < -0.39 is 0 Å². The fourth-order valence-electron chi connectivity index (χ4n) is 2.41. The Bertz CT molecular complexity index is 807. The van der Waals surface area contributed by atoms with Crippen LogP contribution in [0.2, 0.25) is 0 Å². The normalized spacial score (nSPS) is 11.0. The van der Waals surface area contributed by atoms with Crippen molar-refractivity contribution < 1.29 is 4.39 Å². The zero-order valence-electron chi connectivity index (χ0n) is 12.3. The highest BCUT2D eigenvalue weighted by Gasteiger charge is 2.06. The molecule has 0 unspecified atom stereocenters. The van der Waals surface area contributed by atoms with Gasteiger partial charge in [0.15, 0.2) is 0 Å². The van der Waals surface area contributed by atoms with Gasteiger partial charge < -0.3 is 5.32 Å². The SMILES string of the molecule is Cc1cc(C)n2cc(CNc3ccc(F)cc3C)nc2n1. The van der Waals surface area contributed by atoms with E-state index in [4.69, 9.17) is 0 Å². The minimum absolute atomic E-state index is 0.221. The van der Waals surface area contributed by atoms with Gasteiger partial charge >= 0.3 is 0 Å². The summed E-state index contributed by atoms with van der Waals surface area (Å²) in [7, 11) is 0. The number of anilines is 1. The predicted octanol–water partition coefficient (Wildman–Crippen LogP) is 3.41. The molecule has 0 atom stereocenters. The van der Waals surface area contributed by atoms with Crippen LogP contribution in [0.15, 0.2) is 30.5 Å². The number of imidazole rings is 1. The van der Waals surface area contributed by atoms with Crippen LogP contribution in [0.3, 0.4) is 0 Å². The van der Waals surface area contributed by atoms with Crippen molar-refractivity contribution in [3.63, 3.8) is 0 Å². The quantitative estimate of drug-likeness (QED) is 0.801. The Balaban J connectivity index is 1.83. The highest BCUT2D eigenvalue weighted by molar-refractivity contribution is 5.50. The van der Waals surface area contributed by atoms with E-state index in [-0.39, 0.29) is 5.82 Å². The third kappa shape index (κ3) is 2.72. The first-order valence-electron chi connectivity index (χ1n) is 6.85. The Labute approximate surface area is 122 Å². The van der Waals surface area contributed by atoms with Crippen molar-refractivity contribution in [2.24, 2.45) is 0 Å². The molecular formula is C16H17FN4. The molecule has 0 aliphatic rings. The Hall–Kier alpha value is -2.43. The average Bonchev–Trinajstić information content (AvgIpc) is 2.81. The van der Waals surface area contributed by atoms with E-state index in [1.54, 1.807) is 6.07 Å². The van der Waals surface area contributed by atoms with E-state index in [1.807, 2.05) is 37.4 Å². The second-order valence-electron chi connectivity index (χ2n) is 5.25. The van der Waals surface area contributed by atoms with Gasteiger partial charge in [0.2, 0.25) is 5.78 Å². The lowest BCUT2D eigenvalue weighted by molar-refractivity contribution is 0.627. The van der Waals surface area contributed by atoms with Gasteiger partial charge in [-0.3, -0.25) is 4.40 Å². The minimum atomic E-state index is -0.221. The van der Waals surface area contributed by atoms with Gasteiger partial charge in [0.1, 0.15) is 5.82 Å². The first-order valence-corrected chi connectivity index (χ1v) is 6.85. The lowest BCUT2D eigenvalue weighted by atomic mass is 10.2. The van der Waals surface area contributed by atoms with Crippen molar-refractivity contribution in [1.29, 1.82) is 0 Å². The summed E-state index contributed by atoms with van der Waals surface area (Å²) >= 11 is 0. The fraction of sp³-hybridized carbons (Fsp3) is 0.250. The van der Waals surface area contributed by atoms with E-state index in [0.717, 1.165) is 28.3 Å². The van der Waals surface area contributed by atoms with Gasteiger partial charge in [0.25, 0.3) is 0 Å². The van der Waals surface area contributed by atoms with E-state index in [9.17, 15) is 4.39 Å². The van der Waals surface area contributed by atoms with Crippen LogP contribution in [-0.2, 0) is 6.54 Å². The van der Waals surface area contributed by atoms with Crippen molar-refractivity contribution in [3.8, 4) is 0 Å². The van der Waals surface area contributed by atoms with Crippen molar-refractivity contribution in [3.05, 3.63) is 58.9 Å². The number of aromatic nitrogens is 3. The van der Waals surface area contributed by atoms with Crippen LogP contribution in [0, 0.1) is 26.6 Å². The van der Waals surface area contributed by atoms with Crippen LogP contribution in [0.1, 0.15) is 22.6 Å². The fourth-order valence-corrected chi connectivity index (χ4v) is 2.41. The Morgan fingerprint density at radius 2 is 1.95 bits per heavy atom. The van der Waals surface area contributed by atoms with Crippen LogP contribution >= 0.6 is 0 Å². The number of nitrogens with one attached hydrogen (secondary N) is 1. The van der Waals surface area contributed by atoms with Gasteiger partial charge in [0.05, 0.1) is 12.2 Å². The molecule has 0 radical (unpaired) electrons. The Morgan fingerprint density at radius 1 is 1.14 bits per heavy atom. The number of rotatable bonds is 3. The van der Waals surface area contributed by atoms with Gasteiger partial charge in [0, 0.05) is 23.3 Å².